The van der Waals surface area contributed by atoms with Crippen LogP contribution >= 0.6 is 0 Å². The van der Waals surface area contributed by atoms with Crippen molar-refractivity contribution in [3.8, 4) is 0 Å². The van der Waals surface area contributed by atoms with Crippen LogP contribution in [-0.4, -0.2) is 24.1 Å². The number of hydrogen-bond acceptors (Lipinski definition) is 4. The minimum Gasteiger partial charge on any atom is -0.508 e. The molecule has 1 heterocycles. The van der Waals surface area contributed by atoms with Gasteiger partial charge in [-0.25, -0.2) is 0 Å². The Kier molecular flexibility index (Phi) is 5.68. The summed E-state index contributed by atoms with van der Waals surface area (Å²) in [6.07, 6.45) is 3.67. The molecule has 1 amide bonds. The number of carbonyl (C=O) groups excluding carboxylic acids is 1. The van der Waals surface area contributed by atoms with Crippen molar-refractivity contribution >= 4 is 11.6 Å². The average Bonchev–Trinajstić information content (AvgIpc) is 2.92. The molecular formula is C19H22N2O3. The number of rotatable bonds is 6. The van der Waals surface area contributed by atoms with Crippen LogP contribution in [0, 0.1) is 4.91 Å². The molecule has 0 radical (unpaired) electrons. The summed E-state index contributed by atoms with van der Waals surface area (Å²) in [4.78, 5) is 24.3. The van der Waals surface area contributed by atoms with Crippen molar-refractivity contribution in [1.82, 2.24) is 0 Å². The second-order valence-electron chi connectivity index (χ2n) is 6.15. The zero-order valence-electron chi connectivity index (χ0n) is 14.0. The molecule has 1 aromatic carbocycles. The highest BCUT2D eigenvalue weighted by Gasteiger charge is 2.25. The van der Waals surface area contributed by atoms with Gasteiger partial charge in [0.25, 0.3) is 0 Å². The number of carbonyl (C=O) groups is 1. The van der Waals surface area contributed by atoms with Crippen LogP contribution in [0.5, 0.6) is 0 Å². The van der Waals surface area contributed by atoms with E-state index in [1.54, 1.807) is 17.1 Å². The molecule has 1 aliphatic rings. The quantitative estimate of drug-likeness (QED) is 0.483. The van der Waals surface area contributed by atoms with Gasteiger partial charge < -0.3 is 10.0 Å². The number of nitroso groups, excluding NO2 is 1. The lowest BCUT2D eigenvalue weighted by atomic mass is 10.0. The third kappa shape index (κ3) is 4.19. The SMILES string of the molecule is C=C(O)/C(=C\C=C1/CC(=O)N(c2ccc(C(C)C)cc2)C1)CN=O. The van der Waals surface area contributed by atoms with Gasteiger partial charge in [-0.3, -0.25) is 4.79 Å². The fraction of sp³-hybridized carbons (Fsp3) is 0.316. The molecule has 1 aliphatic heterocycles. The molecule has 1 aromatic rings. The van der Waals surface area contributed by atoms with E-state index < -0.39 is 0 Å². The fourth-order valence-electron chi connectivity index (χ4n) is 2.55. The largest absolute Gasteiger partial charge is 0.508 e. The number of aliphatic hydroxyl groups excluding tert-OH is 1. The summed E-state index contributed by atoms with van der Waals surface area (Å²) < 4.78 is 0. The van der Waals surface area contributed by atoms with E-state index in [1.807, 2.05) is 24.3 Å². The number of hydrogen-bond donors (Lipinski definition) is 1. The first-order chi connectivity index (χ1) is 11.4. The summed E-state index contributed by atoms with van der Waals surface area (Å²) in [5.41, 5.74) is 3.37. The van der Waals surface area contributed by atoms with E-state index in [-0.39, 0.29) is 18.2 Å². The second-order valence-corrected chi connectivity index (χ2v) is 6.15. The Balaban J connectivity index is 2.15. The van der Waals surface area contributed by atoms with Gasteiger partial charge in [0.15, 0.2) is 0 Å². The van der Waals surface area contributed by atoms with Gasteiger partial charge >= 0.3 is 0 Å². The van der Waals surface area contributed by atoms with Crippen molar-refractivity contribution in [2.45, 2.75) is 26.2 Å². The topological polar surface area (TPSA) is 70.0 Å². The molecule has 0 saturated carbocycles. The maximum absolute atomic E-state index is 12.2. The van der Waals surface area contributed by atoms with Crippen LogP contribution in [0.4, 0.5) is 5.69 Å². The molecule has 0 spiro atoms. The van der Waals surface area contributed by atoms with Gasteiger partial charge in [-0.15, -0.1) is 0 Å². The first-order valence-corrected chi connectivity index (χ1v) is 7.88. The van der Waals surface area contributed by atoms with Gasteiger partial charge in [-0.05, 0) is 29.2 Å². The van der Waals surface area contributed by atoms with Crippen molar-refractivity contribution in [3.63, 3.8) is 0 Å². The zero-order chi connectivity index (χ0) is 17.7. The van der Waals surface area contributed by atoms with Gasteiger partial charge in [0.2, 0.25) is 5.91 Å². The van der Waals surface area contributed by atoms with Crippen molar-refractivity contribution in [1.29, 1.82) is 0 Å². The molecule has 1 fully saturated rings. The molecule has 5 nitrogen and oxygen atoms in total. The molecular weight excluding hydrogens is 304 g/mol. The number of allylic oxidation sites excluding steroid dienone is 2. The highest BCUT2D eigenvalue weighted by Crippen LogP contribution is 2.26. The lowest BCUT2D eigenvalue weighted by molar-refractivity contribution is -0.116. The summed E-state index contributed by atoms with van der Waals surface area (Å²) >= 11 is 0. The van der Waals surface area contributed by atoms with Crippen LogP contribution in [0.2, 0.25) is 0 Å². The van der Waals surface area contributed by atoms with E-state index in [1.165, 1.54) is 5.56 Å². The van der Waals surface area contributed by atoms with Crippen molar-refractivity contribution < 1.29 is 9.90 Å². The Morgan fingerprint density at radius 3 is 2.58 bits per heavy atom. The fourth-order valence-corrected chi connectivity index (χ4v) is 2.55. The number of amides is 1. The van der Waals surface area contributed by atoms with E-state index in [2.05, 4.69) is 25.6 Å². The number of nitrogens with zero attached hydrogens (tertiary/aromatic N) is 2. The third-order valence-corrected chi connectivity index (χ3v) is 4.04. The minimum absolute atomic E-state index is 0.0323. The van der Waals surface area contributed by atoms with Crippen molar-refractivity contribution in [3.05, 3.63) is 70.4 Å². The molecule has 1 N–H and O–H groups in total. The van der Waals surface area contributed by atoms with Crippen LogP contribution in [-0.2, 0) is 4.79 Å². The zero-order valence-corrected chi connectivity index (χ0v) is 14.0. The van der Waals surface area contributed by atoms with E-state index in [4.69, 9.17) is 0 Å². The highest BCUT2D eigenvalue weighted by atomic mass is 16.3. The number of benzene rings is 1. The summed E-state index contributed by atoms with van der Waals surface area (Å²) in [6.45, 7) is 8.01. The number of aliphatic hydroxyl groups is 1. The molecule has 24 heavy (non-hydrogen) atoms. The van der Waals surface area contributed by atoms with Crippen molar-refractivity contribution in [2.24, 2.45) is 5.18 Å². The normalized spacial score (nSPS) is 17.0. The predicted octanol–water partition coefficient (Wildman–Crippen LogP) is 4.24. The third-order valence-electron chi connectivity index (χ3n) is 4.04. The van der Waals surface area contributed by atoms with Gasteiger partial charge in [-0.2, -0.15) is 4.91 Å². The Labute approximate surface area is 142 Å². The first kappa shape index (κ1) is 17.7. The molecule has 0 aliphatic carbocycles. The van der Waals surface area contributed by atoms with E-state index in [9.17, 15) is 14.8 Å². The molecule has 0 unspecified atom stereocenters. The second kappa shape index (κ2) is 7.73. The first-order valence-electron chi connectivity index (χ1n) is 7.88. The Morgan fingerprint density at radius 2 is 2.04 bits per heavy atom. The molecule has 5 heteroatoms. The smallest absolute Gasteiger partial charge is 0.231 e. The van der Waals surface area contributed by atoms with E-state index in [0.29, 0.717) is 24.5 Å². The van der Waals surface area contributed by atoms with Gasteiger partial charge in [0, 0.05) is 17.8 Å². The monoisotopic (exact) mass is 326 g/mol. The molecule has 0 aromatic heterocycles. The standard InChI is InChI=1S/C19H22N2O3/c1-13(2)16-6-8-18(9-7-16)21-12-15(10-19(21)23)4-5-17(11-20-24)14(3)22/h4-9,13,22H,3,10-12H2,1-2H3/b15-4+,17-5-. The molecule has 0 atom stereocenters. The number of anilines is 1. The Hall–Kier alpha value is -2.69. The summed E-state index contributed by atoms with van der Waals surface area (Å²) in [5.74, 6) is 0.298. The van der Waals surface area contributed by atoms with Gasteiger partial charge in [-0.1, -0.05) is 49.9 Å². The lowest BCUT2D eigenvalue weighted by Crippen LogP contribution is -2.23. The average molecular weight is 326 g/mol. The molecule has 2 rings (SSSR count). The molecule has 1 saturated heterocycles. The van der Waals surface area contributed by atoms with E-state index in [0.717, 1.165) is 11.3 Å². The minimum atomic E-state index is -0.183. The maximum atomic E-state index is 12.2. The maximum Gasteiger partial charge on any atom is 0.231 e. The van der Waals surface area contributed by atoms with Crippen LogP contribution in [0.3, 0.4) is 0 Å². The van der Waals surface area contributed by atoms with E-state index >= 15 is 0 Å². The summed E-state index contributed by atoms with van der Waals surface area (Å²) in [7, 11) is 0. The van der Waals surface area contributed by atoms with Gasteiger partial charge in [0.1, 0.15) is 12.3 Å². The Morgan fingerprint density at radius 1 is 1.38 bits per heavy atom. The van der Waals surface area contributed by atoms with Crippen LogP contribution in [0.15, 0.2) is 65.1 Å². The van der Waals surface area contributed by atoms with Crippen LogP contribution in [0.1, 0.15) is 31.7 Å². The van der Waals surface area contributed by atoms with Crippen LogP contribution in [0.25, 0.3) is 0 Å². The predicted molar refractivity (Wildman–Crippen MR) is 96.1 cm³/mol. The summed E-state index contributed by atoms with van der Waals surface area (Å²) in [5, 5.41) is 12.2. The van der Waals surface area contributed by atoms with Crippen LogP contribution < -0.4 is 4.90 Å². The van der Waals surface area contributed by atoms with Crippen molar-refractivity contribution in [2.75, 3.05) is 18.0 Å². The molecule has 0 bridgehead atoms. The van der Waals surface area contributed by atoms with Gasteiger partial charge in [0.05, 0.1) is 6.42 Å². The lowest BCUT2D eigenvalue weighted by Gasteiger charge is -2.16. The summed E-state index contributed by atoms with van der Waals surface area (Å²) in [6, 6.07) is 8.00. The highest BCUT2D eigenvalue weighted by molar-refractivity contribution is 5.98. The molecule has 126 valence electrons. The Bertz CT molecular complexity index is 700.